The molecule has 0 unspecified atom stereocenters. The van der Waals surface area contributed by atoms with Gasteiger partial charge in [0.15, 0.2) is 0 Å². The largest absolute Gasteiger partial charge is 0.359 e. The third kappa shape index (κ3) is 3.75. The predicted octanol–water partition coefficient (Wildman–Crippen LogP) is 1.51. The number of hydrogen-bond donors (Lipinski definition) is 1. The first-order chi connectivity index (χ1) is 12.1. The maximum absolute atomic E-state index is 13.8. The fraction of sp³-hybridized carbons (Fsp3) is 0.278. The number of non-ortho nitro benzene ring substituents is 1. The van der Waals surface area contributed by atoms with Gasteiger partial charge in [0.2, 0.25) is 0 Å². The second-order valence-electron chi connectivity index (χ2n) is 6.08. The smallest absolute Gasteiger partial charge is 0.270 e. The van der Waals surface area contributed by atoms with Gasteiger partial charge in [0.25, 0.3) is 5.69 Å². The summed E-state index contributed by atoms with van der Waals surface area (Å²) in [4.78, 5) is 13.7. The summed E-state index contributed by atoms with van der Waals surface area (Å²) in [6, 6.07) is 13.2. The Morgan fingerprint density at radius 2 is 1.96 bits per heavy atom. The minimum atomic E-state index is -0.499. The number of halogens is 1. The van der Waals surface area contributed by atoms with Crippen LogP contribution in [0.15, 0.2) is 42.5 Å². The Morgan fingerprint density at radius 1 is 1.24 bits per heavy atom. The third-order valence-corrected chi connectivity index (χ3v) is 4.52. The summed E-state index contributed by atoms with van der Waals surface area (Å²) in [5.74, 6) is -0.181. The Labute approximate surface area is 144 Å². The van der Waals surface area contributed by atoms with Crippen LogP contribution in [0.5, 0.6) is 0 Å². The molecule has 0 aliphatic carbocycles. The van der Waals surface area contributed by atoms with Crippen LogP contribution >= 0.6 is 0 Å². The summed E-state index contributed by atoms with van der Waals surface area (Å²) in [5, 5.41) is 20.1. The lowest BCUT2D eigenvalue weighted by Crippen LogP contribution is -3.13. The fourth-order valence-electron chi connectivity index (χ4n) is 3.15. The topological polar surface area (TPSA) is 74.6 Å². The van der Waals surface area contributed by atoms with E-state index in [2.05, 4.69) is 4.90 Å². The van der Waals surface area contributed by atoms with Gasteiger partial charge in [0.1, 0.15) is 18.4 Å². The lowest BCUT2D eigenvalue weighted by molar-refractivity contribution is -0.914. The molecule has 128 valence electrons. The van der Waals surface area contributed by atoms with Crippen LogP contribution in [-0.2, 0) is 6.54 Å². The second-order valence-corrected chi connectivity index (χ2v) is 6.08. The Morgan fingerprint density at radius 3 is 2.60 bits per heavy atom. The molecule has 1 fully saturated rings. The Kier molecular flexibility index (Phi) is 4.91. The molecule has 0 atom stereocenters. The molecule has 0 amide bonds. The lowest BCUT2D eigenvalue weighted by atomic mass is 10.1. The van der Waals surface area contributed by atoms with Gasteiger partial charge in [-0.1, -0.05) is 18.2 Å². The van der Waals surface area contributed by atoms with E-state index in [0.717, 1.165) is 31.9 Å². The molecular formula is C18H18FN4O2+. The number of nitro groups is 1. The number of benzene rings is 2. The molecule has 7 heteroatoms. The van der Waals surface area contributed by atoms with Crippen molar-refractivity contribution in [3.8, 4) is 6.07 Å². The molecule has 1 aliphatic rings. The van der Waals surface area contributed by atoms with Crippen LogP contribution in [0.4, 0.5) is 15.8 Å². The summed E-state index contributed by atoms with van der Waals surface area (Å²) in [5.41, 5.74) is 1.66. The number of nitrogens with zero attached hydrogens (tertiary/aromatic N) is 3. The first-order valence-electron chi connectivity index (χ1n) is 8.09. The summed E-state index contributed by atoms with van der Waals surface area (Å²) in [7, 11) is 0. The molecule has 0 radical (unpaired) electrons. The summed E-state index contributed by atoms with van der Waals surface area (Å²) >= 11 is 0. The number of quaternary nitrogens is 1. The normalized spacial score (nSPS) is 15.0. The second kappa shape index (κ2) is 7.28. The van der Waals surface area contributed by atoms with Crippen LogP contribution in [0.25, 0.3) is 0 Å². The zero-order chi connectivity index (χ0) is 17.8. The number of hydrogen-bond acceptors (Lipinski definition) is 4. The minimum absolute atomic E-state index is 0.0795. The Balaban J connectivity index is 1.67. The fourth-order valence-corrected chi connectivity index (χ4v) is 3.15. The van der Waals surface area contributed by atoms with Crippen LogP contribution in [0, 0.1) is 27.3 Å². The maximum atomic E-state index is 13.8. The van der Waals surface area contributed by atoms with Gasteiger partial charge in [0, 0.05) is 17.7 Å². The van der Waals surface area contributed by atoms with Crippen molar-refractivity contribution >= 4 is 11.4 Å². The van der Waals surface area contributed by atoms with Crippen molar-refractivity contribution in [1.29, 1.82) is 5.26 Å². The van der Waals surface area contributed by atoms with Crippen molar-refractivity contribution < 1.29 is 14.2 Å². The number of anilines is 1. The van der Waals surface area contributed by atoms with Crippen LogP contribution < -0.4 is 9.80 Å². The molecule has 25 heavy (non-hydrogen) atoms. The number of nitro benzene ring substituents is 1. The van der Waals surface area contributed by atoms with E-state index < -0.39 is 4.92 Å². The van der Waals surface area contributed by atoms with Gasteiger partial charge in [-0.25, -0.2) is 4.39 Å². The van der Waals surface area contributed by atoms with Gasteiger partial charge >= 0.3 is 0 Å². The molecule has 2 aromatic rings. The quantitative estimate of drug-likeness (QED) is 0.676. The van der Waals surface area contributed by atoms with Crippen LogP contribution in [0.2, 0.25) is 0 Å². The SMILES string of the molecule is N#Cc1cc([N+](=O)[O-])ccc1N1CC[NH+](Cc2ccccc2F)CC1. The highest BCUT2D eigenvalue weighted by atomic mass is 19.1. The van der Waals surface area contributed by atoms with Gasteiger partial charge in [-0.05, 0) is 12.1 Å². The van der Waals surface area contributed by atoms with E-state index in [9.17, 15) is 19.8 Å². The highest BCUT2D eigenvalue weighted by molar-refractivity contribution is 5.63. The van der Waals surface area contributed by atoms with Gasteiger partial charge in [0.05, 0.1) is 42.4 Å². The molecule has 1 N–H and O–H groups in total. The average Bonchev–Trinajstić information content (AvgIpc) is 2.63. The van der Waals surface area contributed by atoms with Crippen LogP contribution in [0.3, 0.4) is 0 Å². The standard InChI is InChI=1S/C18H17FN4O2/c19-17-4-2-1-3-14(17)13-21-7-9-22(10-8-21)18-6-5-16(23(24)25)11-15(18)12-20/h1-6,11H,7-10,13H2/p+1. The van der Waals surface area contributed by atoms with Crippen molar-refractivity contribution in [2.24, 2.45) is 0 Å². The molecular weight excluding hydrogens is 323 g/mol. The van der Waals surface area contributed by atoms with E-state index in [1.54, 1.807) is 18.2 Å². The van der Waals surface area contributed by atoms with Crippen molar-refractivity contribution in [3.63, 3.8) is 0 Å². The molecule has 0 aromatic heterocycles. The zero-order valence-corrected chi connectivity index (χ0v) is 13.6. The first-order valence-corrected chi connectivity index (χ1v) is 8.09. The maximum Gasteiger partial charge on any atom is 0.270 e. The predicted molar refractivity (Wildman–Crippen MR) is 90.8 cm³/mol. The molecule has 1 heterocycles. The van der Waals surface area contributed by atoms with Gasteiger partial charge in [-0.3, -0.25) is 10.1 Å². The van der Waals surface area contributed by atoms with Crippen molar-refractivity contribution in [2.75, 3.05) is 31.1 Å². The number of nitrogens with one attached hydrogen (secondary N) is 1. The zero-order valence-electron chi connectivity index (χ0n) is 13.6. The minimum Gasteiger partial charge on any atom is -0.359 e. The van der Waals surface area contributed by atoms with Gasteiger partial charge < -0.3 is 9.80 Å². The van der Waals surface area contributed by atoms with E-state index in [0.29, 0.717) is 17.7 Å². The van der Waals surface area contributed by atoms with E-state index in [1.165, 1.54) is 23.1 Å². The monoisotopic (exact) mass is 341 g/mol. The number of piperazine rings is 1. The lowest BCUT2D eigenvalue weighted by Gasteiger charge is -2.34. The summed E-state index contributed by atoms with van der Waals surface area (Å²) < 4.78 is 13.8. The molecule has 1 saturated heterocycles. The van der Waals surface area contributed by atoms with Crippen LogP contribution in [-0.4, -0.2) is 31.1 Å². The van der Waals surface area contributed by atoms with Crippen molar-refractivity contribution in [3.05, 3.63) is 69.5 Å². The molecule has 0 saturated carbocycles. The molecule has 0 bridgehead atoms. The van der Waals surface area contributed by atoms with Crippen LogP contribution in [0.1, 0.15) is 11.1 Å². The van der Waals surface area contributed by atoms with Crippen molar-refractivity contribution in [2.45, 2.75) is 6.54 Å². The molecule has 2 aromatic carbocycles. The first kappa shape index (κ1) is 16.9. The number of nitriles is 1. The molecule has 3 rings (SSSR count). The summed E-state index contributed by atoms with van der Waals surface area (Å²) in [6.07, 6.45) is 0. The van der Waals surface area contributed by atoms with Crippen molar-refractivity contribution in [1.82, 2.24) is 0 Å². The molecule has 0 spiro atoms. The van der Waals surface area contributed by atoms with E-state index in [4.69, 9.17) is 0 Å². The Bertz CT molecular complexity index is 826. The summed E-state index contributed by atoms with van der Waals surface area (Å²) in [6.45, 7) is 3.70. The van der Waals surface area contributed by atoms with Gasteiger partial charge in [-0.2, -0.15) is 5.26 Å². The van der Waals surface area contributed by atoms with Gasteiger partial charge in [-0.15, -0.1) is 0 Å². The molecule has 6 nitrogen and oxygen atoms in total. The highest BCUT2D eigenvalue weighted by Crippen LogP contribution is 2.25. The van der Waals surface area contributed by atoms with E-state index >= 15 is 0 Å². The highest BCUT2D eigenvalue weighted by Gasteiger charge is 2.23. The average molecular weight is 341 g/mol. The third-order valence-electron chi connectivity index (χ3n) is 4.52. The van der Waals surface area contributed by atoms with E-state index in [1.807, 2.05) is 12.1 Å². The Hall–Kier alpha value is -2.98. The number of rotatable bonds is 4. The van der Waals surface area contributed by atoms with E-state index in [-0.39, 0.29) is 11.5 Å². The molecule has 1 aliphatic heterocycles.